The lowest BCUT2D eigenvalue weighted by atomic mass is 9.87. The van der Waals surface area contributed by atoms with Crippen molar-refractivity contribution in [2.24, 2.45) is 0 Å². The minimum absolute atomic E-state index is 0.797. The van der Waals surface area contributed by atoms with Crippen LogP contribution in [0.25, 0.3) is 63.0 Å². The molecule has 8 heteroatoms. The van der Waals surface area contributed by atoms with Gasteiger partial charge in [-0.2, -0.15) is 0 Å². The number of methoxy groups -OCH3 is 2. The summed E-state index contributed by atoms with van der Waals surface area (Å²) in [4.78, 5) is 9.59. The number of hydrogen-bond donors (Lipinski definition) is 0. The summed E-state index contributed by atoms with van der Waals surface area (Å²) in [5, 5.41) is 4.76. The fraction of sp³-hybridized carbons (Fsp3) is 0.0714. The predicted molar refractivity (Wildman–Crippen MR) is 269 cm³/mol. The molecular weight excluding hydrogens is 865 g/mol. The first-order valence-corrected chi connectivity index (χ1v) is 24.3. The third-order valence-corrected chi connectivity index (χ3v) is 17.5. The Kier molecular flexibility index (Phi) is 9.46. The van der Waals surface area contributed by atoms with Gasteiger partial charge >= 0.3 is 0 Å². The first kappa shape index (κ1) is 39.0. The van der Waals surface area contributed by atoms with Crippen LogP contribution in [0.15, 0.2) is 182 Å². The van der Waals surface area contributed by atoms with Crippen LogP contribution < -0.4 is 18.9 Å². The monoisotopic (exact) mass is 902 g/mol. The fourth-order valence-electron chi connectivity index (χ4n) is 8.97. The molecule has 0 spiro atoms. The number of benzene rings is 6. The molecule has 2 aliphatic rings. The summed E-state index contributed by atoms with van der Waals surface area (Å²) in [6, 6.07) is 59.9. The zero-order chi connectivity index (χ0) is 42.8. The third kappa shape index (κ3) is 6.43. The van der Waals surface area contributed by atoms with Crippen molar-refractivity contribution in [1.82, 2.24) is 0 Å². The van der Waals surface area contributed by atoms with E-state index in [0.717, 1.165) is 55.0 Å². The molecule has 0 N–H and O–H groups in total. The van der Waals surface area contributed by atoms with E-state index in [2.05, 4.69) is 170 Å². The van der Waals surface area contributed by atoms with Crippen molar-refractivity contribution in [3.05, 3.63) is 214 Å². The number of hydrogen-bond acceptors (Lipinski definition) is 8. The summed E-state index contributed by atoms with van der Waals surface area (Å²) in [6.45, 7) is 0. The molecule has 6 heterocycles. The Hall–Kier alpha value is -6.68. The Labute approximate surface area is 387 Å². The van der Waals surface area contributed by atoms with Gasteiger partial charge in [-0.15, -0.1) is 45.3 Å². The van der Waals surface area contributed by atoms with Gasteiger partial charge in [0.2, 0.25) is 0 Å². The van der Waals surface area contributed by atoms with Crippen LogP contribution in [0.3, 0.4) is 0 Å². The number of rotatable bonds is 9. The van der Waals surface area contributed by atoms with Crippen molar-refractivity contribution >= 4 is 79.0 Å². The van der Waals surface area contributed by atoms with Gasteiger partial charge in [-0.1, -0.05) is 84.9 Å². The lowest BCUT2D eigenvalue weighted by molar-refractivity contribution is 0.165. The zero-order valence-electron chi connectivity index (χ0n) is 34.7. The first-order chi connectivity index (χ1) is 31.5. The molecule has 64 heavy (non-hydrogen) atoms. The molecule has 2 atom stereocenters. The van der Waals surface area contributed by atoms with Crippen LogP contribution in [0, 0.1) is 0 Å². The highest BCUT2D eigenvalue weighted by Gasteiger charge is 2.40. The largest absolute Gasteiger partial charge is 0.497 e. The van der Waals surface area contributed by atoms with Crippen LogP contribution in [0.5, 0.6) is 23.0 Å². The fourth-order valence-corrected chi connectivity index (χ4v) is 13.5. The highest BCUT2D eigenvalue weighted by molar-refractivity contribution is 7.28. The van der Waals surface area contributed by atoms with Gasteiger partial charge in [0.05, 0.1) is 24.0 Å². The molecular formula is C56H38O4S4. The number of fused-ring (bicyclic) bond motifs is 6. The van der Waals surface area contributed by atoms with Gasteiger partial charge in [0, 0.05) is 51.5 Å². The molecule has 0 amide bonds. The van der Waals surface area contributed by atoms with Gasteiger partial charge in [-0.3, -0.25) is 0 Å². The molecule has 0 fully saturated rings. The molecule has 2 aliphatic heterocycles. The van der Waals surface area contributed by atoms with Gasteiger partial charge in [0.15, 0.2) is 11.2 Å². The third-order valence-electron chi connectivity index (χ3n) is 12.3. The van der Waals surface area contributed by atoms with E-state index in [-0.39, 0.29) is 0 Å². The SMILES string of the molecule is COc1ccc(C2(c3ccc(-c4ccc(-c5ccc(-c6ccc(C7(c8ccc(OC)cc8)C=Cc8c(ccc9ccccc89)O7)s6)s5)s4)s3)C=Cc3c(ccc4ccccc34)O2)cc1. The molecule has 4 aromatic heterocycles. The average molecular weight is 903 g/mol. The molecule has 310 valence electrons. The van der Waals surface area contributed by atoms with Crippen molar-refractivity contribution in [3.8, 4) is 52.3 Å². The van der Waals surface area contributed by atoms with Gasteiger partial charge in [-0.25, -0.2) is 0 Å². The molecule has 0 saturated carbocycles. The lowest BCUT2D eigenvalue weighted by Gasteiger charge is -2.35. The summed E-state index contributed by atoms with van der Waals surface area (Å²) >= 11 is 7.22. The van der Waals surface area contributed by atoms with E-state index in [1.807, 2.05) is 46.9 Å². The normalized spacial score (nSPS) is 17.5. The Balaban J connectivity index is 0.850. The van der Waals surface area contributed by atoms with E-state index in [1.54, 1.807) is 36.9 Å². The van der Waals surface area contributed by atoms with Crippen molar-refractivity contribution < 1.29 is 18.9 Å². The van der Waals surface area contributed by atoms with Crippen LogP contribution >= 0.6 is 45.3 Å². The van der Waals surface area contributed by atoms with Crippen LogP contribution in [0.2, 0.25) is 0 Å². The van der Waals surface area contributed by atoms with Gasteiger partial charge in [0.25, 0.3) is 0 Å². The van der Waals surface area contributed by atoms with Crippen molar-refractivity contribution in [2.45, 2.75) is 11.2 Å². The Morgan fingerprint density at radius 3 is 1.16 bits per heavy atom. The maximum atomic E-state index is 7.13. The minimum atomic E-state index is -0.797. The summed E-state index contributed by atoms with van der Waals surface area (Å²) in [7, 11) is 3.40. The second-order valence-corrected chi connectivity index (χ2v) is 20.2. The summed E-state index contributed by atoms with van der Waals surface area (Å²) < 4.78 is 25.3. The maximum absolute atomic E-state index is 7.13. The van der Waals surface area contributed by atoms with E-state index in [9.17, 15) is 0 Å². The van der Waals surface area contributed by atoms with E-state index >= 15 is 0 Å². The Morgan fingerprint density at radius 2 is 0.750 bits per heavy atom. The summed E-state index contributed by atoms with van der Waals surface area (Å²) in [6.07, 6.45) is 8.91. The van der Waals surface area contributed by atoms with Gasteiger partial charge in [0.1, 0.15) is 23.0 Å². The molecule has 10 aromatic rings. The Bertz CT molecular complexity index is 3210. The molecule has 4 nitrogen and oxygen atoms in total. The summed E-state index contributed by atoms with van der Waals surface area (Å²) in [5.41, 5.74) is 2.71. The molecule has 0 aliphatic carbocycles. The van der Waals surface area contributed by atoms with E-state index in [1.165, 1.54) is 50.8 Å². The molecule has 12 rings (SSSR count). The maximum Gasteiger partial charge on any atom is 0.187 e. The smallest absolute Gasteiger partial charge is 0.187 e. The van der Waals surface area contributed by atoms with E-state index in [0.29, 0.717) is 0 Å². The second kappa shape index (κ2) is 15.5. The van der Waals surface area contributed by atoms with E-state index < -0.39 is 11.2 Å². The van der Waals surface area contributed by atoms with Gasteiger partial charge < -0.3 is 18.9 Å². The van der Waals surface area contributed by atoms with Crippen molar-refractivity contribution in [2.75, 3.05) is 14.2 Å². The molecule has 0 bridgehead atoms. The number of thiophene rings is 4. The topological polar surface area (TPSA) is 36.9 Å². The lowest BCUT2D eigenvalue weighted by Crippen LogP contribution is -2.33. The zero-order valence-corrected chi connectivity index (χ0v) is 38.0. The van der Waals surface area contributed by atoms with E-state index in [4.69, 9.17) is 18.9 Å². The van der Waals surface area contributed by atoms with Gasteiger partial charge in [-0.05, 0) is 131 Å². The predicted octanol–water partition coefficient (Wildman–Crippen LogP) is 16.0. The minimum Gasteiger partial charge on any atom is -0.497 e. The van der Waals surface area contributed by atoms with Crippen LogP contribution in [-0.4, -0.2) is 14.2 Å². The summed E-state index contributed by atoms with van der Waals surface area (Å²) in [5.74, 6) is 3.36. The standard InChI is InChI=1S/C56H38O4S4/c1-57-39-17-13-37(14-18-39)55(33-31-43-41-9-5-3-7-35(41)11-21-45(43)59-55)53-29-27-51(63-53)49-25-23-47(61-49)48-24-26-50(62-48)52-28-30-54(64-52)56(38-15-19-40(58-2)20-16-38)34-32-44-42-10-6-4-8-36(42)12-22-46(44)60-56/h3-34H,1-2H3. The van der Waals surface area contributed by atoms with Crippen LogP contribution in [0.4, 0.5) is 0 Å². The average Bonchev–Trinajstić information content (AvgIpc) is 4.22. The Morgan fingerprint density at radius 1 is 0.375 bits per heavy atom. The molecule has 0 radical (unpaired) electrons. The number of ether oxygens (including phenoxy) is 4. The molecule has 2 unspecified atom stereocenters. The first-order valence-electron chi connectivity index (χ1n) is 21.0. The highest BCUT2D eigenvalue weighted by Crippen LogP contribution is 2.51. The van der Waals surface area contributed by atoms with Crippen molar-refractivity contribution in [3.63, 3.8) is 0 Å². The molecule has 0 saturated heterocycles. The van der Waals surface area contributed by atoms with Crippen molar-refractivity contribution in [1.29, 1.82) is 0 Å². The van der Waals surface area contributed by atoms with Crippen LogP contribution in [-0.2, 0) is 11.2 Å². The molecule has 6 aromatic carbocycles. The second-order valence-electron chi connectivity index (χ2n) is 15.9. The quantitative estimate of drug-likeness (QED) is 0.145. The highest BCUT2D eigenvalue weighted by atomic mass is 32.1. The van der Waals surface area contributed by atoms with Crippen LogP contribution in [0.1, 0.15) is 32.0 Å².